The van der Waals surface area contributed by atoms with Gasteiger partial charge in [-0.05, 0) is 44.0 Å². The van der Waals surface area contributed by atoms with Crippen molar-refractivity contribution in [1.82, 2.24) is 19.9 Å². The van der Waals surface area contributed by atoms with Gasteiger partial charge in [0.15, 0.2) is 0 Å². The van der Waals surface area contributed by atoms with Crippen LogP contribution in [0.2, 0.25) is 0 Å². The number of ether oxygens (including phenoxy) is 1. The number of piperidine rings is 1. The van der Waals surface area contributed by atoms with Gasteiger partial charge in [-0.1, -0.05) is 0 Å². The lowest BCUT2D eigenvalue weighted by Gasteiger charge is -2.32. The van der Waals surface area contributed by atoms with Crippen LogP contribution in [0.25, 0.3) is 0 Å². The lowest BCUT2D eigenvalue weighted by molar-refractivity contribution is -0.114. The van der Waals surface area contributed by atoms with Gasteiger partial charge in [0, 0.05) is 67.5 Å². The van der Waals surface area contributed by atoms with E-state index in [0.717, 1.165) is 24.2 Å². The Balaban J connectivity index is 1.48. The molecule has 8 heteroatoms. The average Bonchev–Trinajstić information content (AvgIpc) is 2.80. The number of benzene rings is 1. The summed E-state index contributed by atoms with van der Waals surface area (Å²) in [5.41, 5.74) is 2.83. The molecule has 0 saturated carbocycles. The van der Waals surface area contributed by atoms with E-state index in [2.05, 4.69) is 15.3 Å². The minimum Gasteiger partial charge on any atom is -0.457 e. The third-order valence-corrected chi connectivity index (χ3v) is 5.27. The highest BCUT2D eigenvalue weighted by molar-refractivity contribution is 5.92. The van der Waals surface area contributed by atoms with Crippen LogP contribution in [-0.4, -0.2) is 44.8 Å². The SMILES string of the molecule is CC(=O)Nc1ccc(Oc2cc(C)nc([C@@H]3CCCN(C(=O)c4cnccn4)C3)c2)cc1. The fraction of sp³-hybridized carbons (Fsp3) is 0.292. The molecule has 0 aliphatic carbocycles. The van der Waals surface area contributed by atoms with Gasteiger partial charge >= 0.3 is 0 Å². The van der Waals surface area contributed by atoms with Crippen molar-refractivity contribution in [3.63, 3.8) is 0 Å². The maximum absolute atomic E-state index is 12.8. The summed E-state index contributed by atoms with van der Waals surface area (Å²) in [7, 11) is 0. The zero-order chi connectivity index (χ0) is 22.5. The van der Waals surface area contributed by atoms with E-state index >= 15 is 0 Å². The maximum Gasteiger partial charge on any atom is 0.274 e. The van der Waals surface area contributed by atoms with Crippen molar-refractivity contribution in [2.75, 3.05) is 18.4 Å². The molecule has 1 saturated heterocycles. The number of carbonyl (C=O) groups excluding carboxylic acids is 2. The highest BCUT2D eigenvalue weighted by Crippen LogP contribution is 2.31. The minimum absolute atomic E-state index is 0.105. The van der Waals surface area contributed by atoms with Crippen molar-refractivity contribution >= 4 is 17.5 Å². The number of pyridine rings is 1. The van der Waals surface area contributed by atoms with E-state index in [1.54, 1.807) is 18.3 Å². The molecule has 0 bridgehead atoms. The van der Waals surface area contributed by atoms with E-state index in [4.69, 9.17) is 9.72 Å². The van der Waals surface area contributed by atoms with Crippen LogP contribution in [0.1, 0.15) is 47.6 Å². The van der Waals surface area contributed by atoms with Gasteiger partial charge in [0.25, 0.3) is 5.91 Å². The molecule has 0 radical (unpaired) electrons. The van der Waals surface area contributed by atoms with Crippen LogP contribution in [-0.2, 0) is 4.79 Å². The van der Waals surface area contributed by atoms with Gasteiger partial charge in [-0.15, -0.1) is 0 Å². The predicted molar refractivity (Wildman–Crippen MR) is 120 cm³/mol. The molecule has 4 rings (SSSR count). The topological polar surface area (TPSA) is 97.3 Å². The number of hydrogen-bond acceptors (Lipinski definition) is 6. The maximum atomic E-state index is 12.8. The first-order chi connectivity index (χ1) is 15.5. The number of carbonyl (C=O) groups is 2. The second kappa shape index (κ2) is 9.55. The summed E-state index contributed by atoms with van der Waals surface area (Å²) in [6, 6.07) is 11.0. The number of nitrogens with zero attached hydrogens (tertiary/aromatic N) is 4. The molecular weight excluding hydrogens is 406 g/mol. The normalized spacial score (nSPS) is 15.8. The van der Waals surface area contributed by atoms with Crippen molar-refractivity contribution in [2.45, 2.75) is 32.6 Å². The van der Waals surface area contributed by atoms with Crippen LogP contribution in [0.15, 0.2) is 55.0 Å². The second-order valence-electron chi connectivity index (χ2n) is 7.86. The van der Waals surface area contributed by atoms with Gasteiger partial charge in [-0.25, -0.2) is 4.98 Å². The number of anilines is 1. The van der Waals surface area contributed by atoms with Crippen LogP contribution in [0.3, 0.4) is 0 Å². The zero-order valence-electron chi connectivity index (χ0n) is 18.1. The van der Waals surface area contributed by atoms with Gasteiger partial charge in [0.05, 0.1) is 6.20 Å². The lowest BCUT2D eigenvalue weighted by atomic mass is 9.93. The summed E-state index contributed by atoms with van der Waals surface area (Å²) >= 11 is 0. The number of aromatic nitrogens is 3. The fourth-order valence-corrected chi connectivity index (χ4v) is 3.85. The van der Waals surface area contributed by atoms with Gasteiger partial charge in [-0.3, -0.25) is 19.6 Å². The Labute approximate surface area is 186 Å². The Morgan fingerprint density at radius 2 is 1.94 bits per heavy atom. The van der Waals surface area contributed by atoms with Gasteiger partial charge in [0.1, 0.15) is 17.2 Å². The summed E-state index contributed by atoms with van der Waals surface area (Å²) in [4.78, 5) is 38.7. The standard InChI is InChI=1S/C24H25N5O3/c1-16-12-21(32-20-7-5-19(6-8-20)28-17(2)30)13-22(27-16)18-4-3-11-29(15-18)24(31)23-14-25-9-10-26-23/h5-10,12-14,18H,3-4,11,15H2,1-2H3,(H,28,30)/t18-/m1/s1. The molecule has 1 N–H and O–H groups in total. The number of likely N-dealkylation sites (tertiary alicyclic amines) is 1. The van der Waals surface area contributed by atoms with Crippen LogP contribution >= 0.6 is 0 Å². The summed E-state index contributed by atoms with van der Waals surface area (Å²) < 4.78 is 6.04. The molecule has 0 spiro atoms. The van der Waals surface area contributed by atoms with Crippen LogP contribution in [0.5, 0.6) is 11.5 Å². The molecule has 1 atom stereocenters. The average molecular weight is 431 g/mol. The van der Waals surface area contributed by atoms with Crippen LogP contribution < -0.4 is 10.1 Å². The number of aryl methyl sites for hydroxylation is 1. The van der Waals surface area contributed by atoms with E-state index in [1.807, 2.05) is 36.1 Å². The number of hydrogen-bond donors (Lipinski definition) is 1. The first-order valence-electron chi connectivity index (χ1n) is 10.6. The van der Waals surface area contributed by atoms with Gasteiger partial charge < -0.3 is 15.0 Å². The molecule has 2 aromatic heterocycles. The molecule has 0 unspecified atom stereocenters. The molecule has 1 aliphatic rings. The second-order valence-corrected chi connectivity index (χ2v) is 7.86. The molecule has 32 heavy (non-hydrogen) atoms. The molecule has 164 valence electrons. The van der Waals surface area contributed by atoms with Crippen molar-refractivity contribution < 1.29 is 14.3 Å². The Hall–Kier alpha value is -3.81. The Kier molecular flexibility index (Phi) is 6.39. The molecular formula is C24H25N5O3. The van der Waals surface area contributed by atoms with Crippen molar-refractivity contribution in [3.8, 4) is 11.5 Å². The highest BCUT2D eigenvalue weighted by Gasteiger charge is 2.27. The largest absolute Gasteiger partial charge is 0.457 e. The number of rotatable bonds is 5. The quantitative estimate of drug-likeness (QED) is 0.657. The molecule has 3 heterocycles. The third-order valence-electron chi connectivity index (χ3n) is 5.27. The third kappa shape index (κ3) is 5.26. The van der Waals surface area contributed by atoms with Gasteiger partial charge in [0.2, 0.25) is 5.91 Å². The van der Waals surface area contributed by atoms with Gasteiger partial charge in [-0.2, -0.15) is 0 Å². The van der Waals surface area contributed by atoms with Crippen LogP contribution in [0, 0.1) is 6.92 Å². The summed E-state index contributed by atoms with van der Waals surface area (Å²) in [5.74, 6) is 1.25. The lowest BCUT2D eigenvalue weighted by Crippen LogP contribution is -2.39. The number of nitrogens with one attached hydrogen (secondary N) is 1. The highest BCUT2D eigenvalue weighted by atomic mass is 16.5. The van der Waals surface area contributed by atoms with E-state index in [1.165, 1.54) is 19.3 Å². The molecule has 1 aromatic carbocycles. The molecule has 2 amide bonds. The molecule has 8 nitrogen and oxygen atoms in total. The van der Waals surface area contributed by atoms with Crippen LogP contribution in [0.4, 0.5) is 5.69 Å². The summed E-state index contributed by atoms with van der Waals surface area (Å²) in [6.45, 7) is 4.68. The summed E-state index contributed by atoms with van der Waals surface area (Å²) in [5, 5.41) is 2.74. The zero-order valence-corrected chi connectivity index (χ0v) is 18.1. The van der Waals surface area contributed by atoms with E-state index < -0.39 is 0 Å². The van der Waals surface area contributed by atoms with Crippen molar-refractivity contribution in [3.05, 3.63) is 72.1 Å². The fourth-order valence-electron chi connectivity index (χ4n) is 3.85. The molecule has 1 aliphatic heterocycles. The molecule has 1 fully saturated rings. The van der Waals surface area contributed by atoms with Crippen molar-refractivity contribution in [2.24, 2.45) is 0 Å². The number of amides is 2. The monoisotopic (exact) mass is 431 g/mol. The van der Waals surface area contributed by atoms with E-state index in [-0.39, 0.29) is 17.7 Å². The Bertz CT molecular complexity index is 1100. The smallest absolute Gasteiger partial charge is 0.274 e. The summed E-state index contributed by atoms with van der Waals surface area (Å²) in [6.07, 6.45) is 6.43. The predicted octanol–water partition coefficient (Wildman–Crippen LogP) is 3.95. The minimum atomic E-state index is -0.118. The van der Waals surface area contributed by atoms with E-state index in [9.17, 15) is 9.59 Å². The first kappa shape index (κ1) is 21.4. The first-order valence-corrected chi connectivity index (χ1v) is 10.6. The Morgan fingerprint density at radius 1 is 1.12 bits per heavy atom. The Morgan fingerprint density at radius 3 is 2.66 bits per heavy atom. The molecule has 3 aromatic rings. The van der Waals surface area contributed by atoms with Crippen molar-refractivity contribution in [1.29, 1.82) is 0 Å². The van der Waals surface area contributed by atoms with E-state index in [0.29, 0.717) is 36.0 Å².